The molecule has 0 aliphatic carbocycles. The number of nitrogens with zero attached hydrogens (tertiary/aromatic N) is 4. The van der Waals surface area contributed by atoms with E-state index in [4.69, 9.17) is 0 Å². The van der Waals surface area contributed by atoms with Crippen LogP contribution in [0.1, 0.15) is 6.42 Å². The number of aromatic nitrogens is 2. The fourth-order valence-corrected chi connectivity index (χ4v) is 2.52. The van der Waals surface area contributed by atoms with Crippen molar-refractivity contribution in [1.82, 2.24) is 25.7 Å². The Balaban J connectivity index is 1.54. The number of carbonyl (C=O) groups is 3. The van der Waals surface area contributed by atoms with Crippen LogP contribution in [0.4, 0.5) is 5.95 Å². The van der Waals surface area contributed by atoms with Gasteiger partial charge in [0.05, 0.1) is 0 Å². The number of carbonyl (C=O) groups excluding carboxylic acids is 3. The number of rotatable bonds is 3. The predicted molar refractivity (Wildman–Crippen MR) is 75.2 cm³/mol. The first-order valence-corrected chi connectivity index (χ1v) is 7.04. The molecule has 0 aromatic carbocycles. The van der Waals surface area contributed by atoms with Crippen LogP contribution in [-0.4, -0.2) is 58.8 Å². The quantitative estimate of drug-likeness (QED) is 0.644. The van der Waals surface area contributed by atoms with Gasteiger partial charge >= 0.3 is 0 Å². The summed E-state index contributed by atoms with van der Waals surface area (Å²) in [5, 5.41) is 0. The summed E-state index contributed by atoms with van der Waals surface area (Å²) in [6.07, 6.45) is 3.26. The Morgan fingerprint density at radius 1 is 1.09 bits per heavy atom. The highest BCUT2D eigenvalue weighted by atomic mass is 16.2. The van der Waals surface area contributed by atoms with Gasteiger partial charge in [0.2, 0.25) is 11.9 Å². The average molecular weight is 304 g/mol. The number of amides is 3. The smallest absolute Gasteiger partial charge is 0.251 e. The van der Waals surface area contributed by atoms with E-state index in [2.05, 4.69) is 20.8 Å². The van der Waals surface area contributed by atoms with E-state index in [-0.39, 0.29) is 12.3 Å². The Hall–Kier alpha value is -2.71. The minimum absolute atomic E-state index is 0.0977. The molecule has 116 valence electrons. The third-order valence-corrected chi connectivity index (χ3v) is 3.79. The summed E-state index contributed by atoms with van der Waals surface area (Å²) in [5.41, 5.74) is 4.44. The van der Waals surface area contributed by atoms with Crippen LogP contribution >= 0.6 is 0 Å². The van der Waals surface area contributed by atoms with E-state index in [0.717, 1.165) is 0 Å². The van der Waals surface area contributed by atoms with Crippen LogP contribution in [0.25, 0.3) is 0 Å². The third kappa shape index (κ3) is 2.83. The van der Waals surface area contributed by atoms with Gasteiger partial charge in [-0.05, 0) is 6.07 Å². The van der Waals surface area contributed by atoms with Crippen LogP contribution in [-0.2, 0) is 14.4 Å². The fraction of sp³-hybridized carbons (Fsp3) is 0.462. The summed E-state index contributed by atoms with van der Waals surface area (Å²) in [6, 6.07) is 1.75. The largest absolute Gasteiger partial charge is 0.339 e. The third-order valence-electron chi connectivity index (χ3n) is 3.79. The lowest BCUT2D eigenvalue weighted by molar-refractivity contribution is -0.138. The molecule has 2 N–H and O–H groups in total. The van der Waals surface area contributed by atoms with E-state index >= 15 is 0 Å². The van der Waals surface area contributed by atoms with Crippen molar-refractivity contribution >= 4 is 23.7 Å². The van der Waals surface area contributed by atoms with Crippen LogP contribution in [0.15, 0.2) is 18.5 Å². The van der Waals surface area contributed by atoms with Crippen LogP contribution in [0.2, 0.25) is 0 Å². The molecule has 2 aliphatic heterocycles. The molecule has 9 nitrogen and oxygen atoms in total. The van der Waals surface area contributed by atoms with E-state index in [1.807, 2.05) is 4.90 Å². The number of nitrogens with one attached hydrogen (secondary N) is 2. The first kappa shape index (κ1) is 14.2. The van der Waals surface area contributed by atoms with Gasteiger partial charge in [-0.15, -0.1) is 0 Å². The molecule has 3 heterocycles. The van der Waals surface area contributed by atoms with Crippen LogP contribution in [0.3, 0.4) is 0 Å². The van der Waals surface area contributed by atoms with E-state index in [9.17, 15) is 14.4 Å². The highest BCUT2D eigenvalue weighted by Crippen LogP contribution is 2.14. The maximum absolute atomic E-state index is 12.2. The molecule has 0 bridgehead atoms. The number of piperazine rings is 1. The number of hydrazine groups is 1. The second kappa shape index (κ2) is 5.96. The zero-order valence-corrected chi connectivity index (χ0v) is 11.9. The lowest BCUT2D eigenvalue weighted by Crippen LogP contribution is -2.49. The Kier molecular flexibility index (Phi) is 3.86. The Morgan fingerprint density at radius 3 is 2.27 bits per heavy atom. The topological polar surface area (TPSA) is 108 Å². The molecule has 0 spiro atoms. The van der Waals surface area contributed by atoms with E-state index < -0.39 is 17.7 Å². The molecule has 1 aromatic rings. The molecule has 3 amide bonds. The van der Waals surface area contributed by atoms with Crippen LogP contribution in [0, 0.1) is 5.92 Å². The number of anilines is 1. The molecule has 9 heteroatoms. The Bertz CT molecular complexity index is 569. The SMILES string of the molecule is O=C1NNC(=O)C1CC(=O)N1CCN(c2ncccn2)CC1. The lowest BCUT2D eigenvalue weighted by Gasteiger charge is -2.34. The minimum atomic E-state index is -0.928. The molecule has 1 aromatic heterocycles. The van der Waals surface area contributed by atoms with Gasteiger partial charge in [0, 0.05) is 45.0 Å². The fourth-order valence-electron chi connectivity index (χ4n) is 2.52. The molecule has 2 fully saturated rings. The molecular weight excluding hydrogens is 288 g/mol. The van der Waals surface area contributed by atoms with Crippen molar-refractivity contribution in [2.24, 2.45) is 5.92 Å². The van der Waals surface area contributed by atoms with Crippen molar-refractivity contribution in [3.8, 4) is 0 Å². The standard InChI is InChI=1S/C13H16N6O3/c20-10(8-9-11(21)16-17-12(9)22)18-4-6-19(7-5-18)13-14-2-1-3-15-13/h1-3,9H,4-8H2,(H,16,21)(H,17,22). The second-order valence-corrected chi connectivity index (χ2v) is 5.15. The zero-order valence-electron chi connectivity index (χ0n) is 11.9. The molecule has 3 rings (SSSR count). The highest BCUT2D eigenvalue weighted by molar-refractivity contribution is 6.07. The first-order valence-electron chi connectivity index (χ1n) is 7.04. The monoisotopic (exact) mass is 304 g/mol. The Morgan fingerprint density at radius 2 is 1.68 bits per heavy atom. The predicted octanol–water partition coefficient (Wildman–Crippen LogP) is -1.71. The van der Waals surface area contributed by atoms with E-state index in [1.54, 1.807) is 23.4 Å². The molecule has 2 aliphatic rings. The second-order valence-electron chi connectivity index (χ2n) is 5.15. The van der Waals surface area contributed by atoms with E-state index in [0.29, 0.717) is 32.1 Å². The minimum Gasteiger partial charge on any atom is -0.339 e. The maximum atomic E-state index is 12.2. The van der Waals surface area contributed by atoms with Crippen LogP contribution < -0.4 is 15.8 Å². The van der Waals surface area contributed by atoms with Crippen molar-refractivity contribution in [3.63, 3.8) is 0 Å². The maximum Gasteiger partial charge on any atom is 0.251 e. The van der Waals surface area contributed by atoms with Gasteiger partial charge in [-0.3, -0.25) is 25.2 Å². The molecule has 0 atom stereocenters. The summed E-state index contributed by atoms with van der Waals surface area (Å²) in [6.45, 7) is 2.29. The van der Waals surface area contributed by atoms with Gasteiger partial charge in [0.25, 0.3) is 11.8 Å². The Labute approximate surface area is 126 Å². The summed E-state index contributed by atoms with van der Waals surface area (Å²) in [7, 11) is 0. The molecule has 0 unspecified atom stereocenters. The summed E-state index contributed by atoms with van der Waals surface area (Å²) < 4.78 is 0. The molecule has 22 heavy (non-hydrogen) atoms. The highest BCUT2D eigenvalue weighted by Gasteiger charge is 2.36. The number of hydrogen-bond acceptors (Lipinski definition) is 6. The van der Waals surface area contributed by atoms with Gasteiger partial charge in [-0.25, -0.2) is 9.97 Å². The normalized spacial score (nSPS) is 19.1. The first-order chi connectivity index (χ1) is 10.6. The summed E-state index contributed by atoms with van der Waals surface area (Å²) in [4.78, 5) is 47.1. The van der Waals surface area contributed by atoms with Crippen molar-refractivity contribution in [1.29, 1.82) is 0 Å². The van der Waals surface area contributed by atoms with Gasteiger partial charge in [0.1, 0.15) is 5.92 Å². The lowest BCUT2D eigenvalue weighted by atomic mass is 10.0. The van der Waals surface area contributed by atoms with Gasteiger partial charge < -0.3 is 9.80 Å². The van der Waals surface area contributed by atoms with Crippen molar-refractivity contribution in [2.45, 2.75) is 6.42 Å². The van der Waals surface area contributed by atoms with Crippen molar-refractivity contribution in [3.05, 3.63) is 18.5 Å². The van der Waals surface area contributed by atoms with E-state index in [1.165, 1.54) is 0 Å². The summed E-state index contributed by atoms with van der Waals surface area (Å²) in [5.74, 6) is -1.37. The molecular formula is C13H16N6O3. The molecule has 0 saturated carbocycles. The van der Waals surface area contributed by atoms with Gasteiger partial charge in [-0.1, -0.05) is 0 Å². The molecule has 0 radical (unpaired) electrons. The van der Waals surface area contributed by atoms with Crippen molar-refractivity contribution in [2.75, 3.05) is 31.1 Å². The van der Waals surface area contributed by atoms with Gasteiger partial charge in [-0.2, -0.15) is 0 Å². The summed E-state index contributed by atoms with van der Waals surface area (Å²) >= 11 is 0. The van der Waals surface area contributed by atoms with Crippen molar-refractivity contribution < 1.29 is 14.4 Å². The van der Waals surface area contributed by atoms with Crippen LogP contribution in [0.5, 0.6) is 0 Å². The van der Waals surface area contributed by atoms with Gasteiger partial charge in [0.15, 0.2) is 0 Å². The average Bonchev–Trinajstić information content (AvgIpc) is 2.88. The zero-order chi connectivity index (χ0) is 15.5. The number of hydrogen-bond donors (Lipinski definition) is 2. The molecule has 2 saturated heterocycles.